The summed E-state index contributed by atoms with van der Waals surface area (Å²) in [6.07, 6.45) is 0. The van der Waals surface area contributed by atoms with E-state index in [0.29, 0.717) is 0 Å². The second kappa shape index (κ2) is 10.9. The second-order valence-electron chi connectivity index (χ2n) is 13.2. The number of hydrogen-bond acceptors (Lipinski definition) is 2. The fraction of sp³-hybridized carbons (Fsp3) is 0. The van der Waals surface area contributed by atoms with Gasteiger partial charge in [-0.1, -0.05) is 152 Å². The lowest BCUT2D eigenvalue weighted by atomic mass is 9.85. The number of rotatable bonds is 3. The third kappa shape index (κ3) is 4.10. The molecule has 0 N–H and O–H groups in total. The first-order valence-electron chi connectivity index (χ1n) is 17.1. The Hall–Kier alpha value is -5.80. The minimum absolute atomic E-state index is 1.23. The van der Waals surface area contributed by atoms with Crippen molar-refractivity contribution in [1.29, 1.82) is 0 Å². The SMILES string of the molecule is c1ccc(-c2ccc(-c3c4ccccc4c(-c4ccc5c(c4)sc4c5ccc5sc6ccc7ccccc7c6c54)c4ccccc34)cc2)cc1. The highest BCUT2D eigenvalue weighted by molar-refractivity contribution is 7.30. The molecule has 9 aromatic carbocycles. The van der Waals surface area contributed by atoms with Crippen LogP contribution >= 0.6 is 22.7 Å². The summed E-state index contributed by atoms with van der Waals surface area (Å²) in [5.74, 6) is 0. The van der Waals surface area contributed by atoms with Gasteiger partial charge in [-0.3, -0.25) is 0 Å². The van der Waals surface area contributed by atoms with Gasteiger partial charge in [0.05, 0.1) is 0 Å². The Bertz CT molecular complexity index is 3070. The molecule has 0 atom stereocenters. The predicted octanol–water partition coefficient (Wildman–Crippen LogP) is 14.9. The van der Waals surface area contributed by atoms with E-state index < -0.39 is 0 Å². The van der Waals surface area contributed by atoms with E-state index in [2.05, 4.69) is 170 Å². The average Bonchev–Trinajstić information content (AvgIpc) is 3.75. The van der Waals surface area contributed by atoms with Gasteiger partial charge < -0.3 is 0 Å². The maximum Gasteiger partial charge on any atom is 0.0448 e. The zero-order chi connectivity index (χ0) is 32.8. The van der Waals surface area contributed by atoms with Gasteiger partial charge in [-0.2, -0.15) is 0 Å². The van der Waals surface area contributed by atoms with E-state index in [1.54, 1.807) is 0 Å². The molecule has 232 valence electrons. The summed E-state index contributed by atoms with van der Waals surface area (Å²) in [6, 6.07) is 62.9. The number of benzene rings is 9. The number of thiophene rings is 2. The van der Waals surface area contributed by atoms with Gasteiger partial charge in [-0.15, -0.1) is 22.7 Å². The molecule has 0 aliphatic carbocycles. The predicted molar refractivity (Wildman–Crippen MR) is 221 cm³/mol. The van der Waals surface area contributed by atoms with Crippen LogP contribution in [0.2, 0.25) is 0 Å². The van der Waals surface area contributed by atoms with Crippen molar-refractivity contribution in [3.8, 4) is 33.4 Å². The topological polar surface area (TPSA) is 0 Å². The van der Waals surface area contributed by atoms with E-state index in [1.165, 1.54) is 106 Å². The minimum Gasteiger partial charge on any atom is -0.135 e. The van der Waals surface area contributed by atoms with E-state index in [4.69, 9.17) is 0 Å². The first-order valence-corrected chi connectivity index (χ1v) is 18.7. The van der Waals surface area contributed by atoms with Gasteiger partial charge >= 0.3 is 0 Å². The molecule has 11 aromatic rings. The van der Waals surface area contributed by atoms with Crippen molar-refractivity contribution in [1.82, 2.24) is 0 Å². The van der Waals surface area contributed by atoms with Crippen molar-refractivity contribution in [2.75, 3.05) is 0 Å². The van der Waals surface area contributed by atoms with E-state index in [1.807, 2.05) is 22.7 Å². The Morgan fingerprint density at radius 1 is 0.280 bits per heavy atom. The maximum absolute atomic E-state index is 2.45. The molecule has 2 aromatic heterocycles. The molecule has 0 unspecified atom stereocenters. The van der Waals surface area contributed by atoms with Crippen LogP contribution in [0.5, 0.6) is 0 Å². The van der Waals surface area contributed by atoms with Crippen LogP contribution in [0.3, 0.4) is 0 Å². The molecule has 0 spiro atoms. The molecule has 11 rings (SSSR count). The Kier molecular flexibility index (Phi) is 6.09. The summed E-state index contributed by atoms with van der Waals surface area (Å²) in [5.41, 5.74) is 7.57. The molecule has 0 bridgehead atoms. The smallest absolute Gasteiger partial charge is 0.0448 e. The van der Waals surface area contributed by atoms with E-state index in [0.717, 1.165) is 0 Å². The highest BCUT2D eigenvalue weighted by atomic mass is 32.1. The van der Waals surface area contributed by atoms with Crippen molar-refractivity contribution >= 4 is 95.3 Å². The summed E-state index contributed by atoms with van der Waals surface area (Å²) in [7, 11) is 0. The molecule has 0 nitrogen and oxygen atoms in total. The van der Waals surface area contributed by atoms with Crippen molar-refractivity contribution in [2.45, 2.75) is 0 Å². The van der Waals surface area contributed by atoms with Crippen LogP contribution in [0.25, 0.3) is 106 Å². The van der Waals surface area contributed by atoms with Crippen LogP contribution in [0.4, 0.5) is 0 Å². The summed E-state index contributed by atoms with van der Waals surface area (Å²) in [5, 5.41) is 13.2. The lowest BCUT2D eigenvalue weighted by Gasteiger charge is -2.18. The molecule has 50 heavy (non-hydrogen) atoms. The molecule has 0 amide bonds. The molecule has 0 aliphatic heterocycles. The van der Waals surface area contributed by atoms with E-state index >= 15 is 0 Å². The van der Waals surface area contributed by atoms with Crippen LogP contribution < -0.4 is 0 Å². The fourth-order valence-corrected chi connectivity index (χ4v) is 10.7. The number of hydrogen-bond donors (Lipinski definition) is 0. The third-order valence-electron chi connectivity index (χ3n) is 10.5. The van der Waals surface area contributed by atoms with Gasteiger partial charge in [0, 0.05) is 40.3 Å². The normalized spacial score (nSPS) is 12.0. The first kappa shape index (κ1) is 28.1. The monoisotopic (exact) mass is 668 g/mol. The Balaban J connectivity index is 1.15. The van der Waals surface area contributed by atoms with Crippen LogP contribution in [-0.4, -0.2) is 0 Å². The standard InChI is InChI=1S/C48H28S2/c1-2-10-29(11-3-1)30-18-20-32(21-19-30)44-36-14-6-8-16-38(36)45(39-17-9-7-15-37(39)44)33-22-24-35-40-25-27-42-47(48(40)50-43(35)28-33)46-34-13-5-4-12-31(34)23-26-41(46)49-42/h1-28H. The lowest BCUT2D eigenvalue weighted by molar-refractivity contribution is 1.61. The van der Waals surface area contributed by atoms with E-state index in [9.17, 15) is 0 Å². The molecule has 0 saturated heterocycles. The van der Waals surface area contributed by atoms with Crippen molar-refractivity contribution in [2.24, 2.45) is 0 Å². The second-order valence-corrected chi connectivity index (χ2v) is 15.3. The van der Waals surface area contributed by atoms with Gasteiger partial charge in [0.2, 0.25) is 0 Å². The highest BCUT2D eigenvalue weighted by Gasteiger charge is 2.19. The molecular weight excluding hydrogens is 641 g/mol. The Morgan fingerprint density at radius 3 is 1.52 bits per heavy atom. The fourth-order valence-electron chi connectivity index (χ4n) is 8.22. The Labute approximate surface area is 297 Å². The molecule has 2 heterocycles. The van der Waals surface area contributed by atoms with E-state index in [-0.39, 0.29) is 0 Å². The molecule has 2 heteroatoms. The van der Waals surface area contributed by atoms with Gasteiger partial charge in [0.25, 0.3) is 0 Å². The largest absolute Gasteiger partial charge is 0.135 e. The zero-order valence-electron chi connectivity index (χ0n) is 27.0. The van der Waals surface area contributed by atoms with Gasteiger partial charge in [0.15, 0.2) is 0 Å². The molecule has 0 aliphatic rings. The highest BCUT2D eigenvalue weighted by Crippen LogP contribution is 2.49. The third-order valence-corrected chi connectivity index (χ3v) is 12.8. The molecular formula is C48H28S2. The van der Waals surface area contributed by atoms with Gasteiger partial charge in [0.1, 0.15) is 0 Å². The van der Waals surface area contributed by atoms with Gasteiger partial charge in [-0.05, 0) is 83.9 Å². The summed E-state index contributed by atoms with van der Waals surface area (Å²) < 4.78 is 5.44. The summed E-state index contributed by atoms with van der Waals surface area (Å²) in [6.45, 7) is 0. The van der Waals surface area contributed by atoms with Crippen LogP contribution in [0, 0.1) is 0 Å². The Morgan fingerprint density at radius 2 is 0.800 bits per heavy atom. The molecule has 0 fully saturated rings. The van der Waals surface area contributed by atoms with Crippen molar-refractivity contribution in [3.63, 3.8) is 0 Å². The summed E-state index contributed by atoms with van der Waals surface area (Å²) in [4.78, 5) is 0. The average molecular weight is 669 g/mol. The summed E-state index contributed by atoms with van der Waals surface area (Å²) >= 11 is 3.85. The van der Waals surface area contributed by atoms with Crippen LogP contribution in [0.1, 0.15) is 0 Å². The van der Waals surface area contributed by atoms with Crippen molar-refractivity contribution in [3.05, 3.63) is 170 Å². The minimum atomic E-state index is 1.23. The lowest BCUT2D eigenvalue weighted by Crippen LogP contribution is -1.90. The maximum atomic E-state index is 2.45. The van der Waals surface area contributed by atoms with Crippen LogP contribution in [-0.2, 0) is 0 Å². The van der Waals surface area contributed by atoms with Gasteiger partial charge in [-0.25, -0.2) is 0 Å². The molecule has 0 radical (unpaired) electrons. The first-order chi connectivity index (χ1) is 24.8. The zero-order valence-corrected chi connectivity index (χ0v) is 28.6. The molecule has 0 saturated carbocycles. The van der Waals surface area contributed by atoms with Crippen molar-refractivity contribution < 1.29 is 0 Å². The quantitative estimate of drug-likeness (QED) is 0.164. The van der Waals surface area contributed by atoms with Crippen LogP contribution in [0.15, 0.2) is 170 Å². The number of fused-ring (bicyclic) bond motifs is 11.